The van der Waals surface area contributed by atoms with Gasteiger partial charge in [0.05, 0.1) is 24.1 Å². The molecule has 3 heterocycles. The van der Waals surface area contributed by atoms with Crippen LogP contribution in [0, 0.1) is 6.92 Å². The van der Waals surface area contributed by atoms with E-state index >= 15 is 0 Å². The molecule has 3 aromatic rings. The number of aliphatic imine (C=N–C) groups is 1. The summed E-state index contributed by atoms with van der Waals surface area (Å²) in [6.45, 7) is 5.48. The van der Waals surface area contributed by atoms with Crippen molar-refractivity contribution in [2.75, 3.05) is 30.7 Å². The van der Waals surface area contributed by atoms with Crippen molar-refractivity contribution in [2.24, 2.45) is 4.99 Å². The summed E-state index contributed by atoms with van der Waals surface area (Å²) in [7, 11) is 1.61. The Kier molecular flexibility index (Phi) is 9.35. The second-order valence-corrected chi connectivity index (χ2v) is 12.5. The number of hydrogen-bond donors (Lipinski definition) is 2. The monoisotopic (exact) mass is 601 g/mol. The molecular weight excluding hydrogens is 564 g/mol. The molecular formula is C32H37N5O3P2. The van der Waals surface area contributed by atoms with E-state index in [9.17, 15) is 14.4 Å². The molecule has 0 saturated carbocycles. The fourth-order valence-electron chi connectivity index (χ4n) is 6.11. The van der Waals surface area contributed by atoms with Crippen LogP contribution < -0.4 is 5.32 Å². The van der Waals surface area contributed by atoms with Crippen molar-refractivity contribution in [3.8, 4) is 11.3 Å². The number of fused-ring (bicyclic) bond motifs is 1. The number of aryl methyl sites for hydroxylation is 1. The fourth-order valence-corrected chi connectivity index (χ4v) is 6.86. The van der Waals surface area contributed by atoms with Crippen molar-refractivity contribution >= 4 is 74.7 Å². The molecule has 10 heteroatoms. The minimum Gasteiger partial charge on any atom is -0.354 e. The zero-order valence-corrected chi connectivity index (χ0v) is 26.0. The standard InChI is InChI=1S/C32H37N5O3P2/c1-20-25-17-24(34-32(40)28-8-6-16-37(28)30(39)19-42-4)13-14-26(25)35-31(20)22-9-11-23(12-10-22)33-21(2)27-7-5-15-36(27)29(38)18-41-3/h9-14,17,27-28,35H,3-8,15-16,18-19H2,1-2H3,(H,34,40). The molecule has 2 aliphatic heterocycles. The third-order valence-electron chi connectivity index (χ3n) is 8.21. The van der Waals surface area contributed by atoms with Gasteiger partial charge in [0.25, 0.3) is 0 Å². The number of anilines is 1. The van der Waals surface area contributed by atoms with Crippen LogP contribution in [-0.2, 0) is 14.4 Å². The topological polar surface area (TPSA) is 97.9 Å². The number of benzene rings is 2. The predicted molar refractivity (Wildman–Crippen MR) is 177 cm³/mol. The Morgan fingerprint density at radius 2 is 1.57 bits per heavy atom. The van der Waals surface area contributed by atoms with Gasteiger partial charge in [-0.2, -0.15) is 0 Å². The Labute approximate surface area is 250 Å². The minimum absolute atomic E-state index is 0.0159. The highest BCUT2D eigenvalue weighted by Crippen LogP contribution is 2.33. The normalized spacial score (nSPS) is 19.2. The number of carbonyl (C=O) groups is 3. The Hall–Kier alpha value is -3.60. The maximum Gasteiger partial charge on any atom is 0.247 e. The number of likely N-dealkylation sites (tertiary alicyclic amines) is 2. The quantitative estimate of drug-likeness (QED) is 0.236. The fraction of sp³-hybridized carbons (Fsp3) is 0.375. The number of H-pyrrole nitrogens is 1. The van der Waals surface area contributed by atoms with Gasteiger partial charge in [0, 0.05) is 41.1 Å². The van der Waals surface area contributed by atoms with Gasteiger partial charge < -0.3 is 20.1 Å². The lowest BCUT2D eigenvalue weighted by atomic mass is 10.1. The van der Waals surface area contributed by atoms with Crippen LogP contribution in [0.2, 0.25) is 0 Å². The van der Waals surface area contributed by atoms with Gasteiger partial charge in [-0.25, -0.2) is 0 Å². The molecule has 0 aliphatic carbocycles. The molecule has 0 radical (unpaired) electrons. The first kappa shape index (κ1) is 29.9. The van der Waals surface area contributed by atoms with Gasteiger partial charge in [-0.3, -0.25) is 19.4 Å². The molecule has 0 bridgehead atoms. The van der Waals surface area contributed by atoms with E-state index in [-0.39, 0.29) is 23.8 Å². The van der Waals surface area contributed by atoms with E-state index in [0.29, 0.717) is 31.0 Å². The smallest absolute Gasteiger partial charge is 0.247 e. The first-order valence-electron chi connectivity index (χ1n) is 14.3. The van der Waals surface area contributed by atoms with Crippen LogP contribution in [0.25, 0.3) is 22.2 Å². The molecule has 3 amide bonds. The summed E-state index contributed by atoms with van der Waals surface area (Å²) in [6.07, 6.45) is 11.8. The van der Waals surface area contributed by atoms with Crippen LogP contribution in [0.5, 0.6) is 0 Å². The molecule has 0 spiro atoms. The van der Waals surface area contributed by atoms with Gasteiger partial charge in [-0.1, -0.05) is 24.7 Å². The molecule has 8 nitrogen and oxygen atoms in total. The predicted octanol–water partition coefficient (Wildman–Crippen LogP) is 5.91. The largest absolute Gasteiger partial charge is 0.354 e. The number of nitrogens with one attached hydrogen (secondary N) is 2. The van der Waals surface area contributed by atoms with E-state index in [1.807, 2.05) is 42.2 Å². The van der Waals surface area contributed by atoms with Crippen molar-refractivity contribution in [2.45, 2.75) is 51.6 Å². The average Bonchev–Trinajstić information content (AvgIpc) is 3.73. The van der Waals surface area contributed by atoms with Gasteiger partial charge in [0.2, 0.25) is 17.7 Å². The Bertz CT molecular complexity index is 1560. The maximum absolute atomic E-state index is 13.1. The van der Waals surface area contributed by atoms with E-state index in [1.165, 1.54) is 0 Å². The SMILES string of the molecule is C=PCC(=O)N1CCCC1C(=O)Nc1ccc2[nH]c(-c3ccc(N=C(C)C4CCCN4C(=O)CP=C)cc3)c(C)c2c1. The molecule has 218 valence electrons. The number of aromatic nitrogens is 1. The van der Waals surface area contributed by atoms with E-state index < -0.39 is 6.04 Å². The van der Waals surface area contributed by atoms with Crippen LogP contribution in [0.15, 0.2) is 47.5 Å². The number of rotatable bonds is 9. The second-order valence-electron chi connectivity index (χ2n) is 10.9. The van der Waals surface area contributed by atoms with E-state index in [2.05, 4.69) is 42.0 Å². The average molecular weight is 602 g/mol. The highest BCUT2D eigenvalue weighted by molar-refractivity contribution is 7.38. The van der Waals surface area contributed by atoms with Gasteiger partial charge in [0.1, 0.15) is 6.04 Å². The van der Waals surface area contributed by atoms with Crippen LogP contribution >= 0.6 is 16.4 Å². The molecule has 2 saturated heterocycles. The van der Waals surface area contributed by atoms with Crippen LogP contribution in [0.1, 0.15) is 38.2 Å². The van der Waals surface area contributed by atoms with Crippen molar-refractivity contribution in [1.82, 2.24) is 14.8 Å². The summed E-state index contributed by atoms with van der Waals surface area (Å²) in [5.74, 6) is -0.0122. The van der Waals surface area contributed by atoms with Crippen molar-refractivity contribution in [3.63, 3.8) is 0 Å². The number of aromatic amines is 1. The molecule has 2 fully saturated rings. The first-order chi connectivity index (χ1) is 20.3. The van der Waals surface area contributed by atoms with Gasteiger partial charge in [-0.15, -0.1) is 16.4 Å². The van der Waals surface area contributed by atoms with Crippen LogP contribution in [-0.4, -0.2) is 88.3 Å². The van der Waals surface area contributed by atoms with Crippen molar-refractivity contribution in [3.05, 3.63) is 48.0 Å². The second kappa shape index (κ2) is 13.1. The van der Waals surface area contributed by atoms with E-state index in [0.717, 1.165) is 81.3 Å². The number of hydrogen-bond acceptors (Lipinski definition) is 4. The lowest BCUT2D eigenvalue weighted by Gasteiger charge is -2.24. The number of nitrogens with zero attached hydrogens (tertiary/aromatic N) is 3. The third kappa shape index (κ3) is 6.25. The Morgan fingerprint density at radius 3 is 2.21 bits per heavy atom. The highest BCUT2D eigenvalue weighted by Gasteiger charge is 2.33. The Morgan fingerprint density at radius 1 is 0.952 bits per heavy atom. The summed E-state index contributed by atoms with van der Waals surface area (Å²) >= 11 is 0. The molecule has 2 unspecified atom stereocenters. The summed E-state index contributed by atoms with van der Waals surface area (Å²) in [6, 6.07) is 13.6. The highest BCUT2D eigenvalue weighted by atomic mass is 31.1. The lowest BCUT2D eigenvalue weighted by molar-refractivity contribution is -0.134. The molecule has 2 aliphatic rings. The first-order valence-corrected chi connectivity index (χ1v) is 16.9. The van der Waals surface area contributed by atoms with Gasteiger partial charge in [-0.05, 0) is 81.0 Å². The van der Waals surface area contributed by atoms with Gasteiger partial charge in [0.15, 0.2) is 0 Å². The maximum atomic E-state index is 13.1. The minimum atomic E-state index is -0.437. The molecule has 42 heavy (non-hydrogen) atoms. The summed E-state index contributed by atoms with van der Waals surface area (Å²) < 4.78 is 0. The molecule has 1 aromatic heterocycles. The lowest BCUT2D eigenvalue weighted by Crippen LogP contribution is -2.43. The Balaban J connectivity index is 1.31. The molecule has 2 aromatic carbocycles. The van der Waals surface area contributed by atoms with Crippen LogP contribution in [0.4, 0.5) is 11.4 Å². The van der Waals surface area contributed by atoms with Crippen LogP contribution in [0.3, 0.4) is 0 Å². The third-order valence-corrected chi connectivity index (χ3v) is 9.20. The van der Waals surface area contributed by atoms with Gasteiger partial charge >= 0.3 is 0 Å². The zero-order chi connectivity index (χ0) is 29.8. The molecule has 5 rings (SSSR count). The van der Waals surface area contributed by atoms with Crippen molar-refractivity contribution < 1.29 is 14.4 Å². The van der Waals surface area contributed by atoms with E-state index in [4.69, 9.17) is 4.99 Å². The zero-order valence-electron chi connectivity index (χ0n) is 24.2. The summed E-state index contributed by atoms with van der Waals surface area (Å²) in [4.78, 5) is 50.0. The summed E-state index contributed by atoms with van der Waals surface area (Å²) in [5, 5.41) is 4.07. The van der Waals surface area contributed by atoms with Crippen molar-refractivity contribution in [1.29, 1.82) is 0 Å². The van der Waals surface area contributed by atoms with E-state index in [1.54, 1.807) is 4.90 Å². The molecule has 2 atom stereocenters. The molecule has 2 N–H and O–H groups in total. The number of amides is 3. The summed E-state index contributed by atoms with van der Waals surface area (Å²) in [5.41, 5.74) is 6.66. The number of carbonyl (C=O) groups excluding carboxylic acids is 3.